The van der Waals surface area contributed by atoms with Crippen LogP contribution in [0.25, 0.3) is 10.1 Å². The van der Waals surface area contributed by atoms with Gasteiger partial charge in [-0.15, -0.1) is 11.3 Å². The molecule has 19 heavy (non-hydrogen) atoms. The summed E-state index contributed by atoms with van der Waals surface area (Å²) in [5.41, 5.74) is 1.45. The number of hydrogen-bond acceptors (Lipinski definition) is 3. The second-order valence-corrected chi connectivity index (χ2v) is 5.91. The molecule has 0 spiro atoms. The zero-order valence-corrected chi connectivity index (χ0v) is 12.8. The van der Waals surface area contributed by atoms with Crippen LogP contribution in [0.1, 0.15) is 25.8 Å². The minimum atomic E-state index is 0.300. The van der Waals surface area contributed by atoms with Crippen molar-refractivity contribution in [2.75, 3.05) is 13.7 Å². The Hall–Kier alpha value is -0.900. The number of ether oxygens (including phenoxy) is 1. The minimum absolute atomic E-state index is 0.300. The van der Waals surface area contributed by atoms with E-state index in [1.54, 1.807) is 7.11 Å². The van der Waals surface area contributed by atoms with Gasteiger partial charge in [-0.1, -0.05) is 25.1 Å². The predicted molar refractivity (Wildman–Crippen MR) is 84.1 cm³/mol. The fraction of sp³-hybridized carbons (Fsp3) is 0.500. The van der Waals surface area contributed by atoms with Crippen molar-refractivity contribution in [2.24, 2.45) is 0 Å². The van der Waals surface area contributed by atoms with E-state index in [2.05, 4.69) is 48.8 Å². The van der Waals surface area contributed by atoms with E-state index >= 15 is 0 Å². The van der Waals surface area contributed by atoms with Gasteiger partial charge in [0.1, 0.15) is 0 Å². The molecule has 2 nitrogen and oxygen atoms in total. The molecule has 0 aliphatic heterocycles. The zero-order valence-electron chi connectivity index (χ0n) is 12.0. The number of nitrogens with one attached hydrogen (secondary N) is 1. The zero-order chi connectivity index (χ0) is 13.7. The van der Waals surface area contributed by atoms with Crippen LogP contribution in [-0.2, 0) is 11.2 Å². The summed E-state index contributed by atoms with van der Waals surface area (Å²) in [5, 5.41) is 7.28. The second kappa shape index (κ2) is 7.04. The molecule has 0 saturated carbocycles. The van der Waals surface area contributed by atoms with Crippen LogP contribution in [-0.4, -0.2) is 25.8 Å². The SMILES string of the molecule is CCNC(Cc1csc2ccccc12)CC(C)OC. The lowest BCUT2D eigenvalue weighted by atomic mass is 10.0. The van der Waals surface area contributed by atoms with E-state index in [9.17, 15) is 0 Å². The molecule has 0 saturated heterocycles. The first-order valence-electron chi connectivity index (χ1n) is 6.95. The summed E-state index contributed by atoms with van der Waals surface area (Å²) in [5.74, 6) is 0. The summed E-state index contributed by atoms with van der Waals surface area (Å²) in [6, 6.07) is 9.14. The van der Waals surface area contributed by atoms with Crippen LogP contribution in [0.5, 0.6) is 0 Å². The Labute approximate surface area is 119 Å². The van der Waals surface area contributed by atoms with Gasteiger partial charge in [-0.05, 0) is 48.7 Å². The molecule has 0 fully saturated rings. The quantitative estimate of drug-likeness (QED) is 0.830. The van der Waals surface area contributed by atoms with Crippen molar-refractivity contribution in [3.8, 4) is 0 Å². The van der Waals surface area contributed by atoms with Gasteiger partial charge < -0.3 is 10.1 Å². The van der Waals surface area contributed by atoms with Crippen LogP contribution < -0.4 is 5.32 Å². The predicted octanol–water partition coefficient (Wildman–Crippen LogP) is 3.85. The molecule has 2 unspecified atom stereocenters. The molecule has 2 atom stereocenters. The highest BCUT2D eigenvalue weighted by molar-refractivity contribution is 7.17. The van der Waals surface area contributed by atoms with Gasteiger partial charge in [0.05, 0.1) is 6.10 Å². The third-order valence-electron chi connectivity index (χ3n) is 3.54. The Kier molecular flexibility index (Phi) is 5.37. The second-order valence-electron chi connectivity index (χ2n) is 5.00. The molecule has 0 aliphatic rings. The molecule has 1 N–H and O–H groups in total. The molecule has 0 amide bonds. The fourth-order valence-electron chi connectivity index (χ4n) is 2.48. The molecule has 0 bridgehead atoms. The van der Waals surface area contributed by atoms with E-state index in [4.69, 9.17) is 4.74 Å². The first-order chi connectivity index (χ1) is 9.24. The third-order valence-corrected chi connectivity index (χ3v) is 4.55. The summed E-state index contributed by atoms with van der Waals surface area (Å²) in [6.45, 7) is 5.30. The first kappa shape index (κ1) is 14.5. The standard InChI is InChI=1S/C16H23NOS/c1-4-17-14(9-12(2)18-3)10-13-11-19-16-8-6-5-7-15(13)16/h5-8,11-12,14,17H,4,9-10H2,1-3H3. The minimum Gasteiger partial charge on any atom is -0.382 e. The van der Waals surface area contributed by atoms with E-state index < -0.39 is 0 Å². The van der Waals surface area contributed by atoms with Gasteiger partial charge in [-0.25, -0.2) is 0 Å². The third kappa shape index (κ3) is 3.78. The van der Waals surface area contributed by atoms with E-state index in [-0.39, 0.29) is 0 Å². The maximum Gasteiger partial charge on any atom is 0.0558 e. The summed E-state index contributed by atoms with van der Waals surface area (Å²) >= 11 is 1.84. The molecule has 104 valence electrons. The summed E-state index contributed by atoms with van der Waals surface area (Å²) < 4.78 is 6.78. The Bertz CT molecular complexity index is 508. The Morgan fingerprint density at radius 1 is 1.32 bits per heavy atom. The van der Waals surface area contributed by atoms with Crippen molar-refractivity contribution in [1.29, 1.82) is 0 Å². The molecule has 1 aromatic heterocycles. The number of methoxy groups -OCH3 is 1. The Morgan fingerprint density at radius 3 is 2.84 bits per heavy atom. The van der Waals surface area contributed by atoms with Gasteiger partial charge in [0.15, 0.2) is 0 Å². The number of benzene rings is 1. The Morgan fingerprint density at radius 2 is 2.11 bits per heavy atom. The lowest BCUT2D eigenvalue weighted by Gasteiger charge is -2.21. The number of rotatable bonds is 7. The topological polar surface area (TPSA) is 21.3 Å². The molecule has 0 aliphatic carbocycles. The number of likely N-dealkylation sites (N-methyl/N-ethyl adjacent to an activating group) is 1. The number of fused-ring (bicyclic) bond motifs is 1. The van der Waals surface area contributed by atoms with Gasteiger partial charge in [0.25, 0.3) is 0 Å². The molecule has 1 aromatic carbocycles. The largest absolute Gasteiger partial charge is 0.382 e. The molecule has 2 aromatic rings. The molecular formula is C16H23NOS. The lowest BCUT2D eigenvalue weighted by Crippen LogP contribution is -2.34. The molecular weight excluding hydrogens is 254 g/mol. The van der Waals surface area contributed by atoms with Gasteiger partial charge in [0.2, 0.25) is 0 Å². The number of hydrogen-bond donors (Lipinski definition) is 1. The highest BCUT2D eigenvalue weighted by atomic mass is 32.1. The Balaban J connectivity index is 2.11. The van der Waals surface area contributed by atoms with Crippen LogP contribution in [0, 0.1) is 0 Å². The summed E-state index contributed by atoms with van der Waals surface area (Å²) in [6.07, 6.45) is 2.43. The van der Waals surface area contributed by atoms with Crippen molar-refractivity contribution >= 4 is 21.4 Å². The average Bonchev–Trinajstić information content (AvgIpc) is 2.82. The smallest absolute Gasteiger partial charge is 0.0558 e. The molecule has 1 heterocycles. The van der Waals surface area contributed by atoms with Gasteiger partial charge >= 0.3 is 0 Å². The molecule has 3 heteroatoms. The van der Waals surface area contributed by atoms with Crippen LogP contribution in [0.4, 0.5) is 0 Å². The van der Waals surface area contributed by atoms with Crippen LogP contribution in [0.2, 0.25) is 0 Å². The maximum atomic E-state index is 5.40. The first-order valence-corrected chi connectivity index (χ1v) is 7.83. The summed E-state index contributed by atoms with van der Waals surface area (Å²) in [4.78, 5) is 0. The van der Waals surface area contributed by atoms with Crippen molar-refractivity contribution in [1.82, 2.24) is 5.32 Å². The van der Waals surface area contributed by atoms with Gasteiger partial charge in [-0.2, -0.15) is 0 Å². The van der Waals surface area contributed by atoms with Gasteiger partial charge in [0, 0.05) is 17.9 Å². The van der Waals surface area contributed by atoms with Crippen molar-refractivity contribution < 1.29 is 4.74 Å². The van der Waals surface area contributed by atoms with Crippen molar-refractivity contribution in [3.63, 3.8) is 0 Å². The highest BCUT2D eigenvalue weighted by Crippen LogP contribution is 2.27. The van der Waals surface area contributed by atoms with E-state index in [0.29, 0.717) is 12.1 Å². The van der Waals surface area contributed by atoms with Gasteiger partial charge in [-0.3, -0.25) is 0 Å². The molecule has 2 rings (SSSR count). The average molecular weight is 277 g/mol. The maximum absolute atomic E-state index is 5.40. The normalized spacial score (nSPS) is 14.7. The van der Waals surface area contributed by atoms with Crippen molar-refractivity contribution in [2.45, 2.75) is 38.8 Å². The summed E-state index contributed by atoms with van der Waals surface area (Å²) in [7, 11) is 1.79. The fourth-order valence-corrected chi connectivity index (χ4v) is 3.46. The van der Waals surface area contributed by atoms with E-state index in [1.165, 1.54) is 15.6 Å². The molecule has 0 radical (unpaired) electrons. The van der Waals surface area contributed by atoms with Crippen molar-refractivity contribution in [3.05, 3.63) is 35.2 Å². The van der Waals surface area contributed by atoms with Crippen LogP contribution >= 0.6 is 11.3 Å². The highest BCUT2D eigenvalue weighted by Gasteiger charge is 2.14. The lowest BCUT2D eigenvalue weighted by molar-refractivity contribution is 0.101. The van der Waals surface area contributed by atoms with E-state index in [0.717, 1.165) is 19.4 Å². The van der Waals surface area contributed by atoms with E-state index in [1.807, 2.05) is 11.3 Å². The van der Waals surface area contributed by atoms with Crippen LogP contribution in [0.15, 0.2) is 29.6 Å². The monoisotopic (exact) mass is 277 g/mol. The number of thiophene rings is 1. The van der Waals surface area contributed by atoms with Crippen LogP contribution in [0.3, 0.4) is 0 Å².